The summed E-state index contributed by atoms with van der Waals surface area (Å²) in [7, 11) is 0. The van der Waals surface area contributed by atoms with Gasteiger partial charge in [-0.05, 0) is 68.1 Å². The number of aryl methyl sites for hydroxylation is 2. The third-order valence-corrected chi connectivity index (χ3v) is 5.02. The van der Waals surface area contributed by atoms with Crippen LogP contribution >= 0.6 is 11.6 Å². The average Bonchev–Trinajstić information content (AvgIpc) is 2.76. The molecule has 23 heavy (non-hydrogen) atoms. The Morgan fingerprint density at radius 2 is 1.87 bits per heavy atom. The zero-order chi connectivity index (χ0) is 16.7. The fourth-order valence-corrected chi connectivity index (χ4v) is 3.88. The van der Waals surface area contributed by atoms with Gasteiger partial charge in [0, 0.05) is 16.7 Å². The number of fused-ring (bicyclic) bond motifs is 2. The molecule has 1 saturated heterocycles. The molecule has 0 saturated carbocycles. The van der Waals surface area contributed by atoms with Gasteiger partial charge in [0.05, 0.1) is 5.57 Å². The Balaban J connectivity index is 2.04. The first-order valence-electron chi connectivity index (χ1n) is 8.59. The van der Waals surface area contributed by atoms with E-state index in [9.17, 15) is 5.21 Å². The molecule has 118 valence electrons. The molecular weight excluding hydrogens is 308 g/mol. The van der Waals surface area contributed by atoms with Gasteiger partial charge in [-0.1, -0.05) is 23.2 Å². The van der Waals surface area contributed by atoms with Crippen molar-refractivity contribution < 1.29 is 6.10 Å². The van der Waals surface area contributed by atoms with Crippen LogP contribution in [0.1, 0.15) is 36.6 Å². The lowest BCUT2D eigenvalue weighted by molar-refractivity contribution is -0.608. The van der Waals surface area contributed by atoms with Gasteiger partial charge < -0.3 is 10.5 Å². The molecule has 0 atom stereocenters. The van der Waals surface area contributed by atoms with Crippen molar-refractivity contribution in [3.63, 3.8) is 0 Å². The molecule has 0 bridgehead atoms. The van der Waals surface area contributed by atoms with E-state index in [1.807, 2.05) is 24.3 Å². The molecule has 2 heterocycles. The fraction of sp³-hybridized carbons (Fsp3) is 0.316. The molecule has 1 N–H and O–H groups in total. The van der Waals surface area contributed by atoms with E-state index in [-0.39, 0.29) is 6.17 Å². The Morgan fingerprint density at radius 1 is 1.09 bits per heavy atom. The number of aromatic nitrogens is 1. The van der Waals surface area contributed by atoms with E-state index < -0.39 is 0 Å². The van der Waals surface area contributed by atoms with Crippen LogP contribution in [-0.4, -0.2) is 13.1 Å². The lowest BCUT2D eigenvalue weighted by Gasteiger charge is -2.21. The Kier molecular flexibility index (Phi) is 3.54. The first kappa shape index (κ1) is 13.6. The number of nitrogens with one attached hydrogen (secondary N) is 1. The fourth-order valence-electron chi connectivity index (χ4n) is 3.69. The molecule has 0 unspecified atom stereocenters. The number of halogens is 1. The molecular formula is C19H19ClN2O. The quantitative estimate of drug-likeness (QED) is 0.596. The van der Waals surface area contributed by atoms with Crippen LogP contribution in [0.4, 0.5) is 0 Å². The smallest absolute Gasteiger partial charge is 0.227 e. The molecule has 4 rings (SSSR count). The average molecular weight is 328 g/mol. The van der Waals surface area contributed by atoms with Crippen molar-refractivity contribution in [2.75, 3.05) is 13.1 Å². The van der Waals surface area contributed by atoms with Crippen LogP contribution in [-0.2, 0) is 12.8 Å². The van der Waals surface area contributed by atoms with Crippen molar-refractivity contribution in [1.82, 2.24) is 5.32 Å². The van der Waals surface area contributed by atoms with E-state index in [4.69, 9.17) is 13.0 Å². The number of rotatable bonds is 0. The molecule has 1 aliphatic heterocycles. The molecule has 1 fully saturated rings. The van der Waals surface area contributed by atoms with Gasteiger partial charge in [-0.15, -0.1) is 0 Å². The van der Waals surface area contributed by atoms with E-state index in [1.54, 1.807) is 6.07 Å². The summed E-state index contributed by atoms with van der Waals surface area (Å²) < 4.78 is 8.74. The molecule has 2 aromatic rings. The van der Waals surface area contributed by atoms with Crippen molar-refractivity contribution in [3.05, 3.63) is 74.7 Å². The molecule has 3 nitrogen and oxygen atoms in total. The summed E-state index contributed by atoms with van der Waals surface area (Å²) in [6.45, 7) is 1.85. The zero-order valence-corrected chi connectivity index (χ0v) is 13.6. The summed E-state index contributed by atoms with van der Waals surface area (Å²) in [6.07, 6.45) is 3.51. The highest BCUT2D eigenvalue weighted by Gasteiger charge is 2.28. The number of benzene rings is 1. The van der Waals surface area contributed by atoms with Crippen molar-refractivity contribution in [3.8, 4) is 0 Å². The number of pyridine rings is 1. The highest BCUT2D eigenvalue weighted by Crippen LogP contribution is 2.37. The number of nitrogens with zero attached hydrogens (tertiary/aromatic N) is 1. The minimum Gasteiger partial charge on any atom is -0.618 e. The maximum atomic E-state index is 12.7. The van der Waals surface area contributed by atoms with Gasteiger partial charge in [0.15, 0.2) is 6.17 Å². The topological polar surface area (TPSA) is 39.0 Å². The van der Waals surface area contributed by atoms with Crippen molar-refractivity contribution in [2.24, 2.45) is 0 Å². The zero-order valence-electron chi connectivity index (χ0n) is 13.9. The summed E-state index contributed by atoms with van der Waals surface area (Å²) in [6, 6.07) is 9.47. The molecule has 0 spiro atoms. The minimum absolute atomic E-state index is 0.00167. The standard InChI is InChI=1S/C19H19ClN2O/c20-16-5-6-17-15(12-16)4-3-14-2-1-11-22(23)19(14)18(17)13-7-9-21-10-8-13/h1-2,5-6,11-12,21H,3-4,7-10H2/i11D. The Bertz CT molecular complexity index is 840. The van der Waals surface area contributed by atoms with Crippen LogP contribution < -0.4 is 10.0 Å². The number of hydrogen-bond acceptors (Lipinski definition) is 2. The first-order chi connectivity index (χ1) is 11.6. The molecule has 0 radical (unpaired) electrons. The summed E-state index contributed by atoms with van der Waals surface area (Å²) in [5.41, 5.74) is 6.31. The number of piperidine rings is 1. The lowest BCUT2D eigenvalue weighted by Crippen LogP contribution is -2.33. The number of hydrogen-bond donors (Lipinski definition) is 1. The van der Waals surface area contributed by atoms with Gasteiger partial charge >= 0.3 is 0 Å². The van der Waals surface area contributed by atoms with Gasteiger partial charge in [-0.3, -0.25) is 0 Å². The summed E-state index contributed by atoms with van der Waals surface area (Å²) in [4.78, 5) is 0. The third kappa shape index (κ3) is 2.64. The predicted octanol–water partition coefficient (Wildman–Crippen LogP) is 3.26. The maximum absolute atomic E-state index is 12.7. The summed E-state index contributed by atoms with van der Waals surface area (Å²) in [5.74, 6) is 0. The van der Waals surface area contributed by atoms with E-state index in [0.717, 1.165) is 65.2 Å². The normalized spacial score (nSPS) is 18.0. The second kappa shape index (κ2) is 5.99. The maximum Gasteiger partial charge on any atom is 0.227 e. The first-order valence-corrected chi connectivity index (χ1v) is 8.47. The Hall–Kier alpha value is -1.84. The lowest BCUT2D eigenvalue weighted by atomic mass is 9.89. The molecule has 1 aliphatic carbocycles. The van der Waals surface area contributed by atoms with Crippen LogP contribution in [0.2, 0.25) is 5.02 Å². The largest absolute Gasteiger partial charge is 0.618 e. The molecule has 2 aliphatic rings. The second-order valence-corrected chi connectivity index (χ2v) is 6.60. The van der Waals surface area contributed by atoms with Crippen molar-refractivity contribution in [2.45, 2.75) is 25.7 Å². The second-order valence-electron chi connectivity index (χ2n) is 6.16. The molecule has 1 aromatic carbocycles. The van der Waals surface area contributed by atoms with Crippen molar-refractivity contribution in [1.29, 1.82) is 0 Å². The Morgan fingerprint density at radius 3 is 2.70 bits per heavy atom. The van der Waals surface area contributed by atoms with Crippen LogP contribution in [0.3, 0.4) is 0 Å². The van der Waals surface area contributed by atoms with Gasteiger partial charge in [0.1, 0.15) is 1.37 Å². The SMILES string of the molecule is [2H]c1ccc2c([n+]1[O-])C(=C1CCNCC1)c1ccc(Cl)cc1CC2. The van der Waals surface area contributed by atoms with E-state index in [0.29, 0.717) is 5.69 Å². The third-order valence-electron chi connectivity index (χ3n) is 4.78. The summed E-state index contributed by atoms with van der Waals surface area (Å²) >= 11 is 6.21. The molecule has 0 amide bonds. The van der Waals surface area contributed by atoms with Gasteiger partial charge in [0.25, 0.3) is 0 Å². The Labute approximate surface area is 142 Å². The van der Waals surface area contributed by atoms with Gasteiger partial charge in [-0.2, -0.15) is 4.73 Å². The predicted molar refractivity (Wildman–Crippen MR) is 92.4 cm³/mol. The van der Waals surface area contributed by atoms with Crippen LogP contribution in [0, 0.1) is 5.21 Å². The van der Waals surface area contributed by atoms with Crippen LogP contribution in [0.25, 0.3) is 5.57 Å². The highest BCUT2D eigenvalue weighted by atomic mass is 35.5. The van der Waals surface area contributed by atoms with Crippen LogP contribution in [0.15, 0.2) is 42.1 Å². The van der Waals surface area contributed by atoms with E-state index in [2.05, 4.69) is 5.32 Å². The molecule has 4 heteroatoms. The molecule has 1 aromatic heterocycles. The van der Waals surface area contributed by atoms with Crippen molar-refractivity contribution >= 4 is 17.2 Å². The van der Waals surface area contributed by atoms with E-state index in [1.165, 1.54) is 11.1 Å². The van der Waals surface area contributed by atoms with Gasteiger partial charge in [-0.25, -0.2) is 0 Å². The van der Waals surface area contributed by atoms with Gasteiger partial charge in [0.2, 0.25) is 5.69 Å². The van der Waals surface area contributed by atoms with Crippen LogP contribution in [0.5, 0.6) is 0 Å². The summed E-state index contributed by atoms with van der Waals surface area (Å²) in [5, 5.41) is 16.9. The monoisotopic (exact) mass is 327 g/mol. The van der Waals surface area contributed by atoms with E-state index >= 15 is 0 Å². The minimum atomic E-state index is -0.00167. The highest BCUT2D eigenvalue weighted by molar-refractivity contribution is 6.30.